The van der Waals surface area contributed by atoms with Crippen LogP contribution in [0.25, 0.3) is 0 Å². The van der Waals surface area contributed by atoms with E-state index in [1.807, 2.05) is 0 Å². The van der Waals surface area contributed by atoms with E-state index in [4.69, 9.17) is 32.7 Å². The van der Waals surface area contributed by atoms with Crippen LogP contribution in [0.1, 0.15) is 39.7 Å². The van der Waals surface area contributed by atoms with Crippen molar-refractivity contribution in [3.63, 3.8) is 0 Å². The van der Waals surface area contributed by atoms with Gasteiger partial charge in [0.1, 0.15) is 17.7 Å². The highest BCUT2D eigenvalue weighted by molar-refractivity contribution is 6.43. The normalized spacial score (nSPS) is 17.0. The van der Waals surface area contributed by atoms with Crippen molar-refractivity contribution in [2.45, 2.75) is 58.2 Å². The number of nitrogens with one attached hydrogen (secondary N) is 1. The minimum atomic E-state index is -0.891. The Bertz CT molecular complexity index is 791. The van der Waals surface area contributed by atoms with Crippen molar-refractivity contribution in [1.82, 2.24) is 5.32 Å². The summed E-state index contributed by atoms with van der Waals surface area (Å²) in [6.07, 6.45) is -0.231. The van der Waals surface area contributed by atoms with Gasteiger partial charge in [-0.1, -0.05) is 30.1 Å². The van der Waals surface area contributed by atoms with Crippen LogP contribution in [-0.4, -0.2) is 42.8 Å². The van der Waals surface area contributed by atoms with Crippen molar-refractivity contribution in [1.29, 1.82) is 0 Å². The molecule has 0 aromatic heterocycles. The molecular formula is C19H24Cl2N2O5. The molecule has 0 radical (unpaired) electrons. The summed E-state index contributed by atoms with van der Waals surface area (Å²) in [6, 6.07) is 1.41. The van der Waals surface area contributed by atoms with Gasteiger partial charge in [0, 0.05) is 12.1 Å². The number of hydrogen-bond acceptors (Lipinski definition) is 5. The van der Waals surface area contributed by atoms with Crippen molar-refractivity contribution >= 4 is 46.9 Å². The van der Waals surface area contributed by atoms with E-state index >= 15 is 0 Å². The first-order chi connectivity index (χ1) is 13.0. The third-order valence-electron chi connectivity index (χ3n) is 4.25. The van der Waals surface area contributed by atoms with E-state index in [1.54, 1.807) is 39.8 Å². The smallest absolute Gasteiger partial charge is 0.408 e. The van der Waals surface area contributed by atoms with Gasteiger partial charge in [-0.2, -0.15) is 0 Å². The maximum absolute atomic E-state index is 13.2. The summed E-state index contributed by atoms with van der Waals surface area (Å²) >= 11 is 12.4. The molecule has 1 aromatic carbocycles. The highest BCUT2D eigenvalue weighted by atomic mass is 35.5. The topological polar surface area (TPSA) is 84.9 Å². The fraction of sp³-hybridized carbons (Fsp3) is 0.526. The van der Waals surface area contributed by atoms with Crippen LogP contribution in [0.4, 0.5) is 10.5 Å². The van der Waals surface area contributed by atoms with E-state index in [0.29, 0.717) is 22.7 Å². The number of hydrogen-bond donors (Lipinski definition) is 1. The second kappa shape index (κ2) is 8.57. The van der Waals surface area contributed by atoms with E-state index in [-0.39, 0.29) is 11.4 Å². The van der Waals surface area contributed by atoms with Gasteiger partial charge >= 0.3 is 12.1 Å². The number of carbonyl (C=O) groups is 3. The van der Waals surface area contributed by atoms with E-state index in [0.717, 1.165) is 0 Å². The van der Waals surface area contributed by atoms with Gasteiger partial charge < -0.3 is 14.8 Å². The average molecular weight is 431 g/mol. The van der Waals surface area contributed by atoms with Crippen LogP contribution in [0.3, 0.4) is 0 Å². The molecule has 0 fully saturated rings. The third-order valence-corrected chi connectivity index (χ3v) is 5.09. The summed E-state index contributed by atoms with van der Waals surface area (Å²) in [5.41, 5.74) is 0.356. The van der Waals surface area contributed by atoms with Crippen LogP contribution >= 0.6 is 23.2 Å². The minimum Gasteiger partial charge on any atom is -0.467 e. The molecule has 28 heavy (non-hydrogen) atoms. The molecule has 1 aliphatic heterocycles. The Hall–Kier alpha value is -1.99. The first-order valence-corrected chi connectivity index (χ1v) is 9.63. The number of ether oxygens (including phenoxy) is 2. The zero-order chi connectivity index (χ0) is 21.2. The molecule has 154 valence electrons. The second-order valence-electron chi connectivity index (χ2n) is 7.42. The quantitative estimate of drug-likeness (QED) is 0.735. The maximum atomic E-state index is 13.2. The van der Waals surface area contributed by atoms with Crippen LogP contribution in [0, 0.1) is 0 Å². The third kappa shape index (κ3) is 4.70. The van der Waals surface area contributed by atoms with E-state index in [2.05, 4.69) is 5.32 Å². The second-order valence-corrected chi connectivity index (χ2v) is 8.20. The Labute approximate surface area is 174 Å². The zero-order valence-corrected chi connectivity index (χ0v) is 18.0. The van der Waals surface area contributed by atoms with Gasteiger partial charge in [-0.25, -0.2) is 9.59 Å². The van der Waals surface area contributed by atoms with Crippen LogP contribution < -0.4 is 10.2 Å². The standard InChI is InChI=1S/C19H24Cl2N2O5/c1-6-12(22-18(26)28-19(2,3)4)16(24)23-13-8-7-11(20)15(21)10(13)9-14(23)17(25)27-5/h7-8,12,14H,6,9H2,1-5H3,(H,22,26)/t12-,14+/m0/s1. The van der Waals surface area contributed by atoms with E-state index in [1.165, 1.54) is 12.0 Å². The molecular weight excluding hydrogens is 407 g/mol. The molecule has 1 heterocycles. The number of halogens is 2. The minimum absolute atomic E-state index is 0.177. The Morgan fingerprint density at radius 2 is 1.93 bits per heavy atom. The van der Waals surface area contributed by atoms with Gasteiger partial charge in [0.15, 0.2) is 0 Å². The van der Waals surface area contributed by atoms with Crippen molar-refractivity contribution in [2.24, 2.45) is 0 Å². The number of esters is 1. The summed E-state index contributed by atoms with van der Waals surface area (Å²) in [5.74, 6) is -1.04. The summed E-state index contributed by atoms with van der Waals surface area (Å²) in [7, 11) is 1.25. The molecule has 2 atom stereocenters. The number of amides is 2. The zero-order valence-electron chi connectivity index (χ0n) is 16.5. The first-order valence-electron chi connectivity index (χ1n) is 8.87. The van der Waals surface area contributed by atoms with Gasteiger partial charge in [0.25, 0.3) is 5.91 Å². The van der Waals surface area contributed by atoms with Gasteiger partial charge in [-0.15, -0.1) is 0 Å². The summed E-state index contributed by atoms with van der Waals surface area (Å²) < 4.78 is 10.1. The van der Waals surface area contributed by atoms with Gasteiger partial charge in [-0.05, 0) is 44.9 Å². The van der Waals surface area contributed by atoms with Gasteiger partial charge in [-0.3, -0.25) is 9.69 Å². The van der Waals surface area contributed by atoms with E-state index < -0.39 is 35.7 Å². The molecule has 0 unspecified atom stereocenters. The molecule has 0 saturated carbocycles. The molecule has 1 aliphatic rings. The summed E-state index contributed by atoms with van der Waals surface area (Å²) in [4.78, 5) is 39.0. The molecule has 1 N–H and O–H groups in total. The van der Waals surface area contributed by atoms with Crippen molar-refractivity contribution < 1.29 is 23.9 Å². The number of fused-ring (bicyclic) bond motifs is 1. The Kier molecular flexibility index (Phi) is 6.83. The molecule has 2 amide bonds. The maximum Gasteiger partial charge on any atom is 0.408 e. The summed E-state index contributed by atoms with van der Waals surface area (Å²) in [6.45, 7) is 6.93. The molecule has 0 saturated heterocycles. The Balaban J connectivity index is 2.35. The molecule has 1 aromatic rings. The number of alkyl carbamates (subject to hydrolysis) is 1. The van der Waals surface area contributed by atoms with Crippen LogP contribution in [0.2, 0.25) is 10.0 Å². The number of methoxy groups -OCH3 is 1. The SMILES string of the molecule is CC[C@H](NC(=O)OC(C)(C)C)C(=O)N1c2ccc(Cl)c(Cl)c2C[C@@H]1C(=O)OC. The average Bonchev–Trinajstić information content (AvgIpc) is 3.00. The number of anilines is 1. The Morgan fingerprint density at radius 1 is 1.29 bits per heavy atom. The number of rotatable bonds is 4. The number of carbonyl (C=O) groups excluding carboxylic acids is 3. The Morgan fingerprint density at radius 3 is 2.46 bits per heavy atom. The van der Waals surface area contributed by atoms with Crippen LogP contribution in [0.5, 0.6) is 0 Å². The first kappa shape index (κ1) is 22.3. The summed E-state index contributed by atoms with van der Waals surface area (Å²) in [5, 5.41) is 3.19. The van der Waals surface area contributed by atoms with Crippen LogP contribution in [0.15, 0.2) is 12.1 Å². The van der Waals surface area contributed by atoms with Crippen molar-refractivity contribution in [3.05, 3.63) is 27.7 Å². The molecule has 7 nitrogen and oxygen atoms in total. The van der Waals surface area contributed by atoms with E-state index in [9.17, 15) is 14.4 Å². The van der Waals surface area contributed by atoms with Gasteiger partial charge in [0.05, 0.1) is 17.2 Å². The molecule has 9 heteroatoms. The number of benzene rings is 1. The van der Waals surface area contributed by atoms with Gasteiger partial charge in [0.2, 0.25) is 0 Å². The lowest BCUT2D eigenvalue weighted by Gasteiger charge is -2.29. The fourth-order valence-corrected chi connectivity index (χ4v) is 3.42. The number of nitrogens with zero attached hydrogens (tertiary/aromatic N) is 1. The fourth-order valence-electron chi connectivity index (χ4n) is 3.01. The lowest BCUT2D eigenvalue weighted by Crippen LogP contribution is -2.53. The van der Waals surface area contributed by atoms with Crippen LogP contribution in [-0.2, 0) is 25.5 Å². The molecule has 0 aliphatic carbocycles. The largest absolute Gasteiger partial charge is 0.467 e. The molecule has 2 rings (SSSR count). The van der Waals surface area contributed by atoms with Crippen molar-refractivity contribution in [3.8, 4) is 0 Å². The van der Waals surface area contributed by atoms with Crippen molar-refractivity contribution in [2.75, 3.05) is 12.0 Å². The molecule has 0 spiro atoms. The predicted molar refractivity (Wildman–Crippen MR) is 107 cm³/mol. The highest BCUT2D eigenvalue weighted by Gasteiger charge is 2.42. The lowest BCUT2D eigenvalue weighted by molar-refractivity contribution is -0.143. The highest BCUT2D eigenvalue weighted by Crippen LogP contribution is 2.41. The predicted octanol–water partition coefficient (Wildman–Crippen LogP) is 3.73. The monoisotopic (exact) mass is 430 g/mol. The lowest BCUT2D eigenvalue weighted by atomic mass is 10.1. The molecule has 0 bridgehead atoms.